The molecule has 0 unspecified atom stereocenters. The molecule has 0 saturated carbocycles. The Morgan fingerprint density at radius 3 is 0.171 bits per heavy atom. The van der Waals surface area contributed by atoms with Crippen LogP contribution in [0.1, 0.15) is 6.92 Å². The van der Waals surface area contributed by atoms with Crippen LogP contribution in [0.25, 0.3) is 0 Å². The van der Waals surface area contributed by atoms with E-state index in [9.17, 15) is 0 Å². The molecule has 0 spiro atoms. The second-order valence-electron chi connectivity index (χ2n) is 20.0. The Balaban J connectivity index is 4.12. The molecule has 0 N–H and O–H groups in total. The van der Waals surface area contributed by atoms with Crippen LogP contribution >= 0.6 is 0 Å². The van der Waals surface area contributed by atoms with Crippen LogP contribution in [0.5, 0.6) is 0 Å². The number of allylic oxidation sites excluding steroid dienone is 103. The van der Waals surface area contributed by atoms with Crippen molar-refractivity contribution in [2.24, 2.45) is 0 Å². The maximum atomic E-state index is 3.64. The fourth-order valence-corrected chi connectivity index (χ4v) is 6.54. The Labute approximate surface area is 635 Å². The molecule has 0 heterocycles. The van der Waals surface area contributed by atoms with Gasteiger partial charge >= 0.3 is 0 Å². The second-order valence-corrected chi connectivity index (χ2v) is 20.0. The lowest BCUT2D eigenvalue weighted by Crippen LogP contribution is -1.55. The van der Waals surface area contributed by atoms with Crippen molar-refractivity contribution in [3.8, 4) is 0 Å². The van der Waals surface area contributed by atoms with Gasteiger partial charge in [0.2, 0.25) is 0 Å². The Bertz CT molecular complexity index is 3900. The minimum Gasteiger partial charge on any atom is -0.0991 e. The molecule has 0 amide bonds. The molecule has 0 atom stereocenters. The van der Waals surface area contributed by atoms with Crippen molar-refractivity contribution < 1.29 is 0 Å². The molecule has 0 fully saturated rings. The monoisotopic (exact) mass is 1370 g/mol. The molecule has 0 heteroatoms. The standard InChI is InChI=1S/C105H108/c1-3-5-7-9-11-13-15-17-19-21-23-25-27-29-31-33-35-37-39-41-43-45-47-49-51-53-55-57-59-61-63-65-67-69-71-73-75-77-79-81-83-85-87-89-91-93-95-97-99-101-103-105-104-102-100-98-96-94-92-90-88-86-84-82-80-78-76-74-72-70-68-66-64-62-60-58-56-54-52-50-48-46-44-42-40-38-36-34-32-30-28-26-24-22-20-18-16-14-12-10-8-6-4-2/h3-105H,1H2,2H3. The number of rotatable bonds is 51. The van der Waals surface area contributed by atoms with Gasteiger partial charge in [-0.2, -0.15) is 0 Å². The second kappa shape index (κ2) is 90.5. The lowest BCUT2D eigenvalue weighted by atomic mass is 10.3. The van der Waals surface area contributed by atoms with E-state index in [0.29, 0.717) is 0 Å². The normalized spacial score (nSPS) is 15.7. The van der Waals surface area contributed by atoms with E-state index in [-0.39, 0.29) is 0 Å². The molecule has 0 saturated heterocycles. The minimum absolute atomic E-state index is 1.75. The Morgan fingerprint density at radius 1 is 0.0762 bits per heavy atom. The number of hydrogen-bond donors (Lipinski definition) is 0. The van der Waals surface area contributed by atoms with E-state index in [4.69, 9.17) is 0 Å². The molecule has 0 aliphatic heterocycles. The third-order valence-corrected chi connectivity index (χ3v) is 11.4. The zero-order valence-corrected chi connectivity index (χ0v) is 61.2. The fourth-order valence-electron chi connectivity index (χ4n) is 6.54. The van der Waals surface area contributed by atoms with Gasteiger partial charge in [0.05, 0.1) is 0 Å². The summed E-state index contributed by atoms with van der Waals surface area (Å²) in [6.07, 6.45) is 205. The average Bonchev–Trinajstić information content (AvgIpc) is 3.78. The molecule has 0 rings (SSSR count). The maximum absolute atomic E-state index is 3.64. The Hall–Kier alpha value is -13.5. The van der Waals surface area contributed by atoms with E-state index in [0.717, 1.165) is 0 Å². The van der Waals surface area contributed by atoms with E-state index < -0.39 is 0 Å². The van der Waals surface area contributed by atoms with Crippen molar-refractivity contribution in [2.45, 2.75) is 6.92 Å². The Morgan fingerprint density at radius 2 is 0.124 bits per heavy atom. The summed E-state index contributed by atoms with van der Waals surface area (Å²) in [5, 5.41) is 0. The van der Waals surface area contributed by atoms with Crippen molar-refractivity contribution in [1.29, 1.82) is 0 Å². The van der Waals surface area contributed by atoms with Gasteiger partial charge in [0, 0.05) is 0 Å². The molecule has 0 aliphatic carbocycles. The van der Waals surface area contributed by atoms with Crippen LogP contribution < -0.4 is 0 Å². The van der Waals surface area contributed by atoms with Crippen molar-refractivity contribution >= 4 is 0 Å². The van der Waals surface area contributed by atoms with E-state index in [1.165, 1.54) is 0 Å². The first-order valence-electron chi connectivity index (χ1n) is 35.0. The zero-order chi connectivity index (χ0) is 74.8. The van der Waals surface area contributed by atoms with Gasteiger partial charge < -0.3 is 0 Å². The molecule has 0 nitrogen and oxygen atoms in total. The SMILES string of the molecule is C=CC=CC=CC=CC=CC=CC=CC=CC=CC=CC=CC=CC=CC=CC=CC=CC=CC=CC=CC=CC=CC=CC=CC=CC=CC=CC=CC=CC=CC=CC=CC=CC=CC=CC=CC=CC=CC=CC=CC=CC=CC=CC=CC=CC=CC=CC=CC=CC=CC=CC=CC=CC. The van der Waals surface area contributed by atoms with E-state index in [2.05, 4.69) is 6.58 Å². The quantitative estimate of drug-likeness (QED) is 0.0533. The molecular weight excluding hydrogens is 1260 g/mol. The largest absolute Gasteiger partial charge is 0.0991 e. The molecule has 0 aromatic carbocycles. The Kier molecular flexibility index (Phi) is 78.8. The van der Waals surface area contributed by atoms with Crippen molar-refractivity contribution in [1.82, 2.24) is 0 Å². The summed E-state index contributed by atoms with van der Waals surface area (Å²) in [4.78, 5) is 0. The fraction of sp³-hybridized carbons (Fsp3) is 0.00952. The maximum Gasteiger partial charge on any atom is -0.0467 e. The predicted octanol–water partition coefficient (Wildman–Crippen LogP) is 29.6. The van der Waals surface area contributed by atoms with E-state index in [1.807, 2.05) is 627 Å². The minimum atomic E-state index is 1.75. The van der Waals surface area contributed by atoms with Gasteiger partial charge in [0.15, 0.2) is 0 Å². The topological polar surface area (TPSA) is 0 Å². The van der Waals surface area contributed by atoms with Crippen LogP contribution in [0.3, 0.4) is 0 Å². The van der Waals surface area contributed by atoms with Crippen molar-refractivity contribution in [3.05, 3.63) is 632 Å². The zero-order valence-electron chi connectivity index (χ0n) is 61.2. The molecule has 105 heavy (non-hydrogen) atoms. The highest BCUT2D eigenvalue weighted by molar-refractivity contribution is 5.32. The smallest absolute Gasteiger partial charge is 0.0467 e. The van der Waals surface area contributed by atoms with Gasteiger partial charge in [-0.15, -0.1) is 0 Å². The third-order valence-electron chi connectivity index (χ3n) is 11.4. The molecule has 0 bridgehead atoms. The molecular formula is C105H108. The van der Waals surface area contributed by atoms with Crippen LogP contribution in [0, 0.1) is 0 Å². The molecule has 0 aromatic heterocycles. The van der Waals surface area contributed by atoms with E-state index >= 15 is 0 Å². The lowest BCUT2D eigenvalue weighted by Gasteiger charge is -1.77. The van der Waals surface area contributed by atoms with Gasteiger partial charge in [0.25, 0.3) is 0 Å². The highest BCUT2D eigenvalue weighted by atomic mass is 13.8. The molecule has 0 radical (unpaired) electrons. The van der Waals surface area contributed by atoms with Crippen molar-refractivity contribution in [3.63, 3.8) is 0 Å². The summed E-state index contributed by atoms with van der Waals surface area (Å²) in [5.74, 6) is 0. The van der Waals surface area contributed by atoms with Crippen LogP contribution in [0.15, 0.2) is 632 Å². The molecule has 0 aromatic rings. The van der Waals surface area contributed by atoms with E-state index in [1.54, 1.807) is 6.08 Å². The highest BCUT2D eigenvalue weighted by Crippen LogP contribution is 1.96. The molecule has 0 aliphatic rings. The predicted molar refractivity (Wildman–Crippen MR) is 482 cm³/mol. The average molecular weight is 1370 g/mol. The first kappa shape index (κ1) is 91.5. The summed E-state index contributed by atoms with van der Waals surface area (Å²) in [5.41, 5.74) is 0. The summed E-state index contributed by atoms with van der Waals surface area (Å²) < 4.78 is 0. The first-order chi connectivity index (χ1) is 52.4. The third kappa shape index (κ3) is 90.5. The van der Waals surface area contributed by atoms with Gasteiger partial charge in [-0.05, 0) is 6.92 Å². The van der Waals surface area contributed by atoms with Gasteiger partial charge in [-0.1, -0.05) is 632 Å². The van der Waals surface area contributed by atoms with Crippen LogP contribution in [0.2, 0.25) is 0 Å². The van der Waals surface area contributed by atoms with Crippen LogP contribution in [0.4, 0.5) is 0 Å². The summed E-state index contributed by atoms with van der Waals surface area (Å²) in [7, 11) is 0. The molecule has 528 valence electrons. The van der Waals surface area contributed by atoms with Gasteiger partial charge in [0.1, 0.15) is 0 Å². The number of hydrogen-bond acceptors (Lipinski definition) is 0. The van der Waals surface area contributed by atoms with Crippen LogP contribution in [-0.2, 0) is 0 Å². The summed E-state index contributed by atoms with van der Waals surface area (Å²) in [6, 6.07) is 0. The summed E-state index contributed by atoms with van der Waals surface area (Å²) >= 11 is 0. The van der Waals surface area contributed by atoms with Crippen LogP contribution in [-0.4, -0.2) is 0 Å². The first-order valence-corrected chi connectivity index (χ1v) is 35.0. The van der Waals surface area contributed by atoms with Gasteiger partial charge in [-0.25, -0.2) is 0 Å². The van der Waals surface area contributed by atoms with Gasteiger partial charge in [-0.3, -0.25) is 0 Å². The highest BCUT2D eigenvalue weighted by Gasteiger charge is 1.74. The van der Waals surface area contributed by atoms with Crippen molar-refractivity contribution in [2.75, 3.05) is 0 Å². The lowest BCUT2D eigenvalue weighted by molar-refractivity contribution is 1.73. The summed E-state index contributed by atoms with van der Waals surface area (Å²) in [6.45, 7) is 5.64.